The Kier molecular flexibility index (Phi) is 6.84. The molecule has 1 fully saturated rings. The third kappa shape index (κ3) is 4.66. The first kappa shape index (κ1) is 22.6. The monoisotopic (exact) mass is 421 g/mol. The van der Waals surface area contributed by atoms with E-state index in [1.165, 1.54) is 0 Å². The van der Waals surface area contributed by atoms with Crippen molar-refractivity contribution in [3.8, 4) is 5.75 Å². The average molecular weight is 422 g/mol. The number of amides is 1. The molecule has 0 aliphatic carbocycles. The van der Waals surface area contributed by atoms with Gasteiger partial charge in [0.25, 0.3) is 11.7 Å². The van der Waals surface area contributed by atoms with E-state index in [2.05, 4.69) is 0 Å². The molecule has 1 atom stereocenters. The number of carbonyl (C=O) groups excluding carboxylic acids is 2. The van der Waals surface area contributed by atoms with E-state index < -0.39 is 17.7 Å². The van der Waals surface area contributed by atoms with E-state index in [9.17, 15) is 14.7 Å². The molecule has 1 unspecified atom stereocenters. The highest BCUT2D eigenvalue weighted by atomic mass is 16.5. The minimum absolute atomic E-state index is 0.00311. The number of aliphatic hydroxyl groups is 1. The van der Waals surface area contributed by atoms with Gasteiger partial charge < -0.3 is 14.7 Å². The van der Waals surface area contributed by atoms with Crippen LogP contribution in [0.4, 0.5) is 0 Å². The molecular formula is C26H31NO4. The second-order valence-electron chi connectivity index (χ2n) is 8.40. The molecule has 31 heavy (non-hydrogen) atoms. The van der Waals surface area contributed by atoms with E-state index in [4.69, 9.17) is 4.74 Å². The van der Waals surface area contributed by atoms with Crippen molar-refractivity contribution in [2.75, 3.05) is 6.54 Å². The number of nitrogens with zero attached hydrogens (tertiary/aromatic N) is 1. The van der Waals surface area contributed by atoms with Crippen LogP contribution in [0.15, 0.2) is 48.0 Å². The maximum Gasteiger partial charge on any atom is 0.295 e. The van der Waals surface area contributed by atoms with Crippen LogP contribution in [0.3, 0.4) is 0 Å². The summed E-state index contributed by atoms with van der Waals surface area (Å²) in [5.74, 6) is -0.672. The Balaban J connectivity index is 2.19. The number of ketones is 1. The number of benzene rings is 2. The molecule has 5 nitrogen and oxygen atoms in total. The SMILES string of the molecule is CCCCN1C(=O)C(=O)/C(=C(/O)c2cc(C)ccc2C)C1c1cccc(OC(C)C)c1. The summed E-state index contributed by atoms with van der Waals surface area (Å²) < 4.78 is 5.83. The number of Topliss-reactive ketones (excluding diaryl/α,β-unsaturated/α-hetero) is 1. The van der Waals surface area contributed by atoms with Crippen molar-refractivity contribution in [1.29, 1.82) is 0 Å². The molecule has 1 N–H and O–H groups in total. The standard InChI is InChI=1S/C26H31NO4/c1-6-7-13-27-23(19-9-8-10-20(15-19)31-16(2)3)22(25(29)26(27)30)24(28)21-14-17(4)11-12-18(21)5/h8-12,14-16,23,28H,6-7,13H2,1-5H3/b24-22+. The fourth-order valence-corrected chi connectivity index (χ4v) is 3.95. The summed E-state index contributed by atoms with van der Waals surface area (Å²) in [6, 6.07) is 12.5. The molecule has 164 valence electrons. The molecular weight excluding hydrogens is 390 g/mol. The van der Waals surface area contributed by atoms with Gasteiger partial charge in [-0.2, -0.15) is 0 Å². The predicted molar refractivity (Wildman–Crippen MR) is 122 cm³/mol. The summed E-state index contributed by atoms with van der Waals surface area (Å²) in [5.41, 5.74) is 3.28. The van der Waals surface area contributed by atoms with Gasteiger partial charge in [0.2, 0.25) is 0 Å². The zero-order chi connectivity index (χ0) is 22.7. The van der Waals surface area contributed by atoms with E-state index in [0.717, 1.165) is 29.5 Å². The van der Waals surface area contributed by atoms with Crippen LogP contribution < -0.4 is 4.74 Å². The molecule has 1 heterocycles. The van der Waals surface area contributed by atoms with Crippen LogP contribution in [0.5, 0.6) is 5.75 Å². The summed E-state index contributed by atoms with van der Waals surface area (Å²) in [7, 11) is 0. The highest BCUT2D eigenvalue weighted by molar-refractivity contribution is 6.46. The summed E-state index contributed by atoms with van der Waals surface area (Å²) in [5, 5.41) is 11.3. The number of hydrogen-bond acceptors (Lipinski definition) is 4. The Labute approximate surface area is 184 Å². The first-order chi connectivity index (χ1) is 14.7. The molecule has 1 amide bonds. The molecule has 1 aliphatic rings. The Hall–Kier alpha value is -3.08. The van der Waals surface area contributed by atoms with E-state index in [1.54, 1.807) is 4.90 Å². The summed E-state index contributed by atoms with van der Waals surface area (Å²) >= 11 is 0. The summed E-state index contributed by atoms with van der Waals surface area (Å²) in [6.07, 6.45) is 1.66. The molecule has 1 aliphatic heterocycles. The Morgan fingerprint density at radius 2 is 1.87 bits per heavy atom. The van der Waals surface area contributed by atoms with E-state index in [1.807, 2.05) is 77.1 Å². The highest BCUT2D eigenvalue weighted by Crippen LogP contribution is 2.41. The molecule has 0 aromatic heterocycles. The summed E-state index contributed by atoms with van der Waals surface area (Å²) in [4.78, 5) is 27.6. The first-order valence-corrected chi connectivity index (χ1v) is 10.9. The van der Waals surface area contributed by atoms with Gasteiger partial charge in [0.1, 0.15) is 11.5 Å². The number of carbonyl (C=O) groups is 2. The van der Waals surface area contributed by atoms with Crippen molar-refractivity contribution < 1.29 is 19.4 Å². The van der Waals surface area contributed by atoms with Crippen LogP contribution in [0.1, 0.15) is 61.9 Å². The lowest BCUT2D eigenvalue weighted by molar-refractivity contribution is -0.139. The normalized spacial score (nSPS) is 18.1. The molecule has 0 spiro atoms. The third-order valence-corrected chi connectivity index (χ3v) is 5.49. The van der Waals surface area contributed by atoms with Gasteiger partial charge >= 0.3 is 0 Å². The molecule has 3 rings (SSSR count). The number of rotatable bonds is 7. The molecule has 5 heteroatoms. The van der Waals surface area contributed by atoms with Crippen molar-refractivity contribution in [3.05, 3.63) is 70.3 Å². The maximum atomic E-state index is 13.1. The lowest BCUT2D eigenvalue weighted by Gasteiger charge is -2.26. The molecule has 0 radical (unpaired) electrons. The molecule has 1 saturated heterocycles. The Morgan fingerprint density at radius 1 is 1.13 bits per heavy atom. The van der Waals surface area contributed by atoms with Crippen LogP contribution in [0.2, 0.25) is 0 Å². The van der Waals surface area contributed by atoms with Crippen LogP contribution >= 0.6 is 0 Å². The van der Waals surface area contributed by atoms with Crippen molar-refractivity contribution in [2.24, 2.45) is 0 Å². The van der Waals surface area contributed by atoms with Crippen molar-refractivity contribution in [1.82, 2.24) is 4.90 Å². The van der Waals surface area contributed by atoms with Gasteiger partial charge in [0.05, 0.1) is 17.7 Å². The van der Waals surface area contributed by atoms with Gasteiger partial charge in [-0.1, -0.05) is 43.2 Å². The van der Waals surface area contributed by atoms with Gasteiger partial charge in [-0.15, -0.1) is 0 Å². The van der Waals surface area contributed by atoms with E-state index >= 15 is 0 Å². The van der Waals surface area contributed by atoms with Gasteiger partial charge in [0, 0.05) is 12.1 Å². The number of aryl methyl sites for hydroxylation is 2. The van der Waals surface area contributed by atoms with Crippen LogP contribution in [-0.4, -0.2) is 34.3 Å². The highest BCUT2D eigenvalue weighted by Gasteiger charge is 2.46. The zero-order valence-electron chi connectivity index (χ0n) is 18.9. The molecule has 2 aromatic carbocycles. The van der Waals surface area contributed by atoms with E-state index in [0.29, 0.717) is 17.9 Å². The van der Waals surface area contributed by atoms with Crippen LogP contribution in [-0.2, 0) is 9.59 Å². The third-order valence-electron chi connectivity index (χ3n) is 5.49. The smallest absolute Gasteiger partial charge is 0.295 e. The largest absolute Gasteiger partial charge is 0.507 e. The molecule has 0 saturated carbocycles. The second-order valence-corrected chi connectivity index (χ2v) is 8.40. The zero-order valence-corrected chi connectivity index (χ0v) is 18.9. The van der Waals surface area contributed by atoms with Crippen molar-refractivity contribution in [3.63, 3.8) is 0 Å². The number of likely N-dealkylation sites (tertiary alicyclic amines) is 1. The van der Waals surface area contributed by atoms with Gasteiger partial charge in [0.15, 0.2) is 0 Å². The number of unbranched alkanes of at least 4 members (excludes halogenated alkanes) is 1. The Bertz CT molecular complexity index is 1020. The minimum Gasteiger partial charge on any atom is -0.507 e. The number of ether oxygens (including phenoxy) is 1. The number of aliphatic hydroxyl groups excluding tert-OH is 1. The second kappa shape index (κ2) is 9.38. The first-order valence-electron chi connectivity index (χ1n) is 10.9. The van der Waals surface area contributed by atoms with E-state index in [-0.39, 0.29) is 17.4 Å². The lowest BCUT2D eigenvalue weighted by atomic mass is 9.93. The maximum absolute atomic E-state index is 13.1. The average Bonchev–Trinajstić information content (AvgIpc) is 2.98. The quantitative estimate of drug-likeness (QED) is 0.374. The van der Waals surface area contributed by atoms with Crippen LogP contribution in [0, 0.1) is 13.8 Å². The molecule has 0 bridgehead atoms. The predicted octanol–water partition coefficient (Wildman–Crippen LogP) is 5.31. The minimum atomic E-state index is -0.651. The van der Waals surface area contributed by atoms with Gasteiger partial charge in [-0.05, 0) is 63.4 Å². The van der Waals surface area contributed by atoms with Crippen LogP contribution in [0.25, 0.3) is 5.76 Å². The van der Waals surface area contributed by atoms with Crippen molar-refractivity contribution in [2.45, 2.75) is 59.6 Å². The lowest BCUT2D eigenvalue weighted by Crippen LogP contribution is -2.30. The van der Waals surface area contributed by atoms with Gasteiger partial charge in [-0.25, -0.2) is 0 Å². The van der Waals surface area contributed by atoms with Gasteiger partial charge in [-0.3, -0.25) is 9.59 Å². The fraction of sp³-hybridized carbons (Fsp3) is 0.385. The topological polar surface area (TPSA) is 66.8 Å². The Morgan fingerprint density at radius 3 is 2.55 bits per heavy atom. The van der Waals surface area contributed by atoms with Crippen molar-refractivity contribution >= 4 is 17.4 Å². The summed E-state index contributed by atoms with van der Waals surface area (Å²) in [6.45, 7) is 10.2. The molecule has 2 aromatic rings. The number of hydrogen-bond donors (Lipinski definition) is 1. The fourth-order valence-electron chi connectivity index (χ4n) is 3.95.